The summed E-state index contributed by atoms with van der Waals surface area (Å²) in [6.07, 6.45) is -0.0666. The monoisotopic (exact) mass is 405 g/mol. The Bertz CT molecular complexity index is 906. The summed E-state index contributed by atoms with van der Waals surface area (Å²) >= 11 is 7.20. The molecular weight excluding hydrogens is 389 g/mol. The van der Waals surface area contributed by atoms with Gasteiger partial charge in [0.25, 0.3) is 0 Å². The molecule has 0 aliphatic carbocycles. The largest absolute Gasteiger partial charge is 0.324 e. The quantitative estimate of drug-likeness (QED) is 0.798. The van der Waals surface area contributed by atoms with E-state index in [9.17, 15) is 14.0 Å². The lowest BCUT2D eigenvalue weighted by atomic mass is 10.2. The van der Waals surface area contributed by atoms with Gasteiger partial charge >= 0.3 is 0 Å². The zero-order valence-electron chi connectivity index (χ0n) is 14.5. The minimum atomic E-state index is -0.602. The highest BCUT2D eigenvalue weighted by molar-refractivity contribution is 8.15. The highest BCUT2D eigenvalue weighted by Gasteiger charge is 2.38. The van der Waals surface area contributed by atoms with Gasteiger partial charge < -0.3 is 5.32 Å². The van der Waals surface area contributed by atoms with Gasteiger partial charge in [0.15, 0.2) is 5.17 Å². The first-order valence-corrected chi connectivity index (χ1v) is 9.60. The first-order chi connectivity index (χ1) is 13.0. The maximum absolute atomic E-state index is 13.7. The SMILES string of the molecule is CCN1C(=O)C(CC(=O)Nc2ccccc2F)SC1=Nc1cccc(Cl)c1. The number of hydrogen-bond acceptors (Lipinski definition) is 4. The Labute approximate surface area is 165 Å². The number of nitrogens with zero attached hydrogens (tertiary/aromatic N) is 2. The van der Waals surface area contributed by atoms with Crippen LogP contribution in [0.5, 0.6) is 0 Å². The molecule has 0 saturated carbocycles. The number of rotatable bonds is 5. The van der Waals surface area contributed by atoms with Crippen LogP contribution in [0.1, 0.15) is 13.3 Å². The summed E-state index contributed by atoms with van der Waals surface area (Å²) in [6.45, 7) is 2.28. The number of anilines is 1. The van der Waals surface area contributed by atoms with Crippen molar-refractivity contribution in [3.05, 3.63) is 59.4 Å². The van der Waals surface area contributed by atoms with Crippen LogP contribution < -0.4 is 5.32 Å². The van der Waals surface area contributed by atoms with Crippen molar-refractivity contribution in [2.45, 2.75) is 18.6 Å². The van der Waals surface area contributed by atoms with Crippen LogP contribution in [0, 0.1) is 5.82 Å². The minimum absolute atomic E-state index is 0.0666. The van der Waals surface area contributed by atoms with E-state index in [1.54, 1.807) is 36.4 Å². The molecule has 1 aliphatic heterocycles. The third-order valence-corrected chi connectivity index (χ3v) is 5.30. The predicted molar refractivity (Wildman–Crippen MR) is 107 cm³/mol. The van der Waals surface area contributed by atoms with Gasteiger partial charge in [0.1, 0.15) is 11.1 Å². The van der Waals surface area contributed by atoms with Gasteiger partial charge in [0, 0.05) is 18.0 Å². The third-order valence-electron chi connectivity index (χ3n) is 3.89. The number of amidine groups is 1. The van der Waals surface area contributed by atoms with Crippen LogP contribution in [-0.2, 0) is 9.59 Å². The first-order valence-electron chi connectivity index (χ1n) is 8.34. The van der Waals surface area contributed by atoms with E-state index in [0.717, 1.165) is 0 Å². The lowest BCUT2D eigenvalue weighted by Crippen LogP contribution is -2.33. The molecule has 0 spiro atoms. The number of para-hydroxylation sites is 1. The van der Waals surface area contributed by atoms with Gasteiger partial charge in [-0.1, -0.05) is 41.6 Å². The number of hydrogen-bond donors (Lipinski definition) is 1. The molecule has 1 N–H and O–H groups in total. The van der Waals surface area contributed by atoms with Crippen LogP contribution in [0.2, 0.25) is 5.02 Å². The van der Waals surface area contributed by atoms with E-state index >= 15 is 0 Å². The van der Waals surface area contributed by atoms with Crippen molar-refractivity contribution in [2.75, 3.05) is 11.9 Å². The molecule has 3 rings (SSSR count). The lowest BCUT2D eigenvalue weighted by Gasteiger charge is -2.13. The molecule has 2 aromatic rings. The number of nitrogens with one attached hydrogen (secondary N) is 1. The van der Waals surface area contributed by atoms with Gasteiger partial charge in [0.05, 0.1) is 11.4 Å². The van der Waals surface area contributed by atoms with E-state index < -0.39 is 17.0 Å². The van der Waals surface area contributed by atoms with Crippen LogP contribution in [0.25, 0.3) is 0 Å². The molecule has 0 aromatic heterocycles. The predicted octanol–water partition coefficient (Wildman–Crippen LogP) is 4.46. The van der Waals surface area contributed by atoms with Crippen molar-refractivity contribution >= 4 is 51.7 Å². The minimum Gasteiger partial charge on any atom is -0.324 e. The Morgan fingerprint density at radius 2 is 2.07 bits per heavy atom. The fourth-order valence-corrected chi connectivity index (χ4v) is 4.01. The van der Waals surface area contributed by atoms with Crippen molar-refractivity contribution in [3.8, 4) is 0 Å². The second kappa shape index (κ2) is 8.54. The zero-order valence-corrected chi connectivity index (χ0v) is 16.1. The highest BCUT2D eigenvalue weighted by Crippen LogP contribution is 2.32. The molecule has 0 bridgehead atoms. The average molecular weight is 406 g/mol. The number of carbonyl (C=O) groups is 2. The Balaban J connectivity index is 1.72. The van der Waals surface area contributed by atoms with Crippen molar-refractivity contribution in [3.63, 3.8) is 0 Å². The lowest BCUT2D eigenvalue weighted by molar-refractivity contribution is -0.128. The van der Waals surface area contributed by atoms with Gasteiger partial charge in [-0.05, 0) is 37.3 Å². The van der Waals surface area contributed by atoms with Crippen LogP contribution in [0.15, 0.2) is 53.5 Å². The van der Waals surface area contributed by atoms with Crippen molar-refractivity contribution in [1.29, 1.82) is 0 Å². The molecule has 27 heavy (non-hydrogen) atoms. The zero-order chi connectivity index (χ0) is 19.4. The van der Waals surface area contributed by atoms with E-state index in [4.69, 9.17) is 11.6 Å². The summed E-state index contributed by atoms with van der Waals surface area (Å²) in [5.41, 5.74) is 0.728. The molecule has 1 unspecified atom stereocenters. The number of halogens is 2. The second-order valence-electron chi connectivity index (χ2n) is 5.80. The summed E-state index contributed by atoms with van der Waals surface area (Å²) in [5.74, 6) is -1.13. The topological polar surface area (TPSA) is 61.8 Å². The fourth-order valence-electron chi connectivity index (χ4n) is 2.60. The molecule has 8 heteroatoms. The summed E-state index contributed by atoms with van der Waals surface area (Å²) in [7, 11) is 0. The molecule has 1 atom stereocenters. The Morgan fingerprint density at radius 3 is 2.78 bits per heavy atom. The standard InChI is InChI=1S/C19H17ClFN3O2S/c1-2-24-18(26)16(11-17(25)23-15-9-4-3-8-14(15)21)27-19(24)22-13-7-5-6-12(20)10-13/h3-10,16H,2,11H2,1H3,(H,23,25). The van der Waals surface area contributed by atoms with E-state index in [2.05, 4.69) is 10.3 Å². The number of thioether (sulfide) groups is 1. The molecule has 2 aromatic carbocycles. The maximum atomic E-state index is 13.7. The van der Waals surface area contributed by atoms with E-state index in [0.29, 0.717) is 22.4 Å². The molecule has 1 heterocycles. The Kier molecular flexibility index (Phi) is 6.13. The number of amides is 2. The summed E-state index contributed by atoms with van der Waals surface area (Å²) in [6, 6.07) is 12.9. The van der Waals surface area contributed by atoms with Crippen LogP contribution >= 0.6 is 23.4 Å². The fraction of sp³-hybridized carbons (Fsp3) is 0.211. The molecule has 1 saturated heterocycles. The van der Waals surface area contributed by atoms with E-state index in [1.807, 2.05) is 6.92 Å². The summed E-state index contributed by atoms with van der Waals surface area (Å²) in [5, 5.41) is 2.98. The molecule has 0 radical (unpaired) electrons. The van der Waals surface area contributed by atoms with Gasteiger partial charge in [-0.25, -0.2) is 9.38 Å². The average Bonchev–Trinajstić information content (AvgIpc) is 2.91. The van der Waals surface area contributed by atoms with Crippen LogP contribution in [0.3, 0.4) is 0 Å². The van der Waals surface area contributed by atoms with E-state index in [1.165, 1.54) is 28.8 Å². The van der Waals surface area contributed by atoms with Crippen molar-refractivity contribution in [1.82, 2.24) is 4.90 Å². The Hall–Kier alpha value is -2.38. The Morgan fingerprint density at radius 1 is 1.30 bits per heavy atom. The van der Waals surface area contributed by atoms with Crippen molar-refractivity contribution in [2.24, 2.45) is 4.99 Å². The summed E-state index contributed by atoms with van der Waals surface area (Å²) in [4.78, 5) is 30.9. The van der Waals surface area contributed by atoms with Gasteiger partial charge in [-0.2, -0.15) is 0 Å². The van der Waals surface area contributed by atoms with E-state index in [-0.39, 0.29) is 18.0 Å². The molecule has 140 valence electrons. The normalized spacial score (nSPS) is 18.2. The second-order valence-corrected chi connectivity index (χ2v) is 7.40. The van der Waals surface area contributed by atoms with Gasteiger partial charge in [-0.15, -0.1) is 0 Å². The van der Waals surface area contributed by atoms with Crippen LogP contribution in [-0.4, -0.2) is 33.7 Å². The third kappa shape index (κ3) is 4.67. The molecule has 1 fully saturated rings. The number of aliphatic imine (C=N–C) groups is 1. The number of carbonyl (C=O) groups excluding carboxylic acids is 2. The summed E-state index contributed by atoms with van der Waals surface area (Å²) < 4.78 is 13.7. The van der Waals surface area contributed by atoms with Crippen LogP contribution in [0.4, 0.5) is 15.8 Å². The van der Waals surface area contributed by atoms with Gasteiger partial charge in [-0.3, -0.25) is 14.5 Å². The van der Waals surface area contributed by atoms with Crippen molar-refractivity contribution < 1.29 is 14.0 Å². The molecule has 2 amide bonds. The molecule has 5 nitrogen and oxygen atoms in total. The molecular formula is C19H17ClFN3O2S. The number of benzene rings is 2. The van der Waals surface area contributed by atoms with Gasteiger partial charge in [0.2, 0.25) is 11.8 Å². The maximum Gasteiger partial charge on any atom is 0.242 e. The highest BCUT2D eigenvalue weighted by atomic mass is 35.5. The molecule has 1 aliphatic rings. The smallest absolute Gasteiger partial charge is 0.242 e. The first kappa shape index (κ1) is 19.4.